The molecular weight excluding hydrogens is 436 g/mol. The second-order valence-corrected chi connectivity index (χ2v) is 7.95. The maximum atomic E-state index is 10.3. The van der Waals surface area contributed by atoms with Crippen LogP contribution in [0.25, 0.3) is 0 Å². The number of rotatable bonds is 13. The molecule has 2 heterocycles. The van der Waals surface area contributed by atoms with Gasteiger partial charge in [-0.05, 0) is 39.2 Å². The lowest BCUT2D eigenvalue weighted by Crippen LogP contribution is -2.42. The number of aryl methyl sites for hydroxylation is 1. The lowest BCUT2D eigenvalue weighted by Gasteiger charge is -2.21. The monoisotopic (exact) mass is 468 g/mol. The summed E-state index contributed by atoms with van der Waals surface area (Å²) in [5.74, 6) is -4.01. The van der Waals surface area contributed by atoms with Crippen LogP contribution in [-0.4, -0.2) is 90.7 Å². The molecule has 0 bridgehead atoms. The van der Waals surface area contributed by atoms with Crippen LogP contribution >= 0.6 is 0 Å². The van der Waals surface area contributed by atoms with Crippen LogP contribution in [-0.2, 0) is 34.5 Å². The first-order chi connectivity index (χ1) is 15.4. The van der Waals surface area contributed by atoms with Crippen LogP contribution < -0.4 is 0 Å². The van der Waals surface area contributed by atoms with Crippen LogP contribution in [0.1, 0.15) is 30.6 Å². The van der Waals surface area contributed by atoms with Crippen molar-refractivity contribution in [3.05, 3.63) is 42.1 Å². The predicted molar refractivity (Wildman–Crippen MR) is 116 cm³/mol. The number of carbonyl (C=O) groups is 3. The molecule has 12 nitrogen and oxygen atoms in total. The van der Waals surface area contributed by atoms with Gasteiger partial charge >= 0.3 is 17.9 Å². The van der Waals surface area contributed by atoms with Gasteiger partial charge in [-0.15, -0.1) is 0 Å². The average Bonchev–Trinajstić information content (AvgIpc) is 3.32. The first kappa shape index (κ1) is 27.8. The fourth-order valence-corrected chi connectivity index (χ4v) is 2.97. The Labute approximate surface area is 191 Å². The van der Waals surface area contributed by atoms with Crippen LogP contribution in [0.3, 0.4) is 0 Å². The Morgan fingerprint density at radius 3 is 2.15 bits per heavy atom. The van der Waals surface area contributed by atoms with Gasteiger partial charge in [0.15, 0.2) is 5.60 Å². The summed E-state index contributed by atoms with van der Waals surface area (Å²) in [6.07, 6.45) is 4.59. The highest BCUT2D eigenvalue weighted by molar-refractivity contribution is 5.88. The van der Waals surface area contributed by atoms with E-state index in [2.05, 4.69) is 35.2 Å². The van der Waals surface area contributed by atoms with Crippen molar-refractivity contribution in [2.45, 2.75) is 38.0 Å². The number of furan rings is 1. The van der Waals surface area contributed by atoms with E-state index in [0.717, 1.165) is 38.4 Å². The molecule has 184 valence electrons. The van der Waals surface area contributed by atoms with Gasteiger partial charge in [0, 0.05) is 31.9 Å². The van der Waals surface area contributed by atoms with E-state index in [1.165, 1.54) is 5.56 Å². The average molecular weight is 469 g/mol. The van der Waals surface area contributed by atoms with Crippen molar-refractivity contribution in [2.75, 3.05) is 27.2 Å². The number of aromatic nitrogens is 2. The molecule has 0 atom stereocenters. The highest BCUT2D eigenvalue weighted by atomic mass is 16.4. The van der Waals surface area contributed by atoms with Gasteiger partial charge in [0.25, 0.3) is 0 Å². The van der Waals surface area contributed by atoms with Gasteiger partial charge in [-0.1, -0.05) is 0 Å². The van der Waals surface area contributed by atoms with Crippen molar-refractivity contribution < 1.29 is 39.2 Å². The standard InChI is InChI=1S/C15H24N4O.C6H8O7/c1-17(2)7-5-8-19(13-15-6-4-9-20-15)12-14-10-16-18(3)11-14;7-3(8)1-6(13,5(11)12)2-4(9)10/h4,6,9-11H,5,7-8,12-13H2,1-3H3;13H,1-2H2,(H,7,8)(H,9,10)(H,11,12). The van der Waals surface area contributed by atoms with Crippen molar-refractivity contribution in [3.8, 4) is 0 Å². The van der Waals surface area contributed by atoms with Gasteiger partial charge in [-0.3, -0.25) is 19.2 Å². The number of hydrogen-bond donors (Lipinski definition) is 4. The van der Waals surface area contributed by atoms with E-state index in [0.29, 0.717) is 0 Å². The lowest BCUT2D eigenvalue weighted by atomic mass is 9.96. The molecule has 0 spiro atoms. The smallest absolute Gasteiger partial charge is 0.336 e. The van der Waals surface area contributed by atoms with Gasteiger partial charge in [0.2, 0.25) is 0 Å². The molecule has 2 aromatic rings. The molecule has 33 heavy (non-hydrogen) atoms. The molecule has 0 aliphatic carbocycles. The van der Waals surface area contributed by atoms with Gasteiger partial charge in [-0.25, -0.2) is 4.79 Å². The summed E-state index contributed by atoms with van der Waals surface area (Å²) < 4.78 is 7.31. The number of aliphatic carboxylic acids is 3. The Morgan fingerprint density at radius 1 is 1.09 bits per heavy atom. The fourth-order valence-electron chi connectivity index (χ4n) is 2.97. The summed E-state index contributed by atoms with van der Waals surface area (Å²) in [5.41, 5.74) is -1.50. The van der Waals surface area contributed by atoms with Gasteiger partial charge in [0.1, 0.15) is 5.76 Å². The molecule has 0 amide bonds. The van der Waals surface area contributed by atoms with E-state index in [4.69, 9.17) is 24.8 Å². The Hall–Kier alpha value is -3.22. The molecular formula is C21H32N4O8. The second kappa shape index (κ2) is 13.4. The quantitative estimate of drug-likeness (QED) is 0.327. The molecule has 0 unspecified atom stereocenters. The van der Waals surface area contributed by atoms with Crippen molar-refractivity contribution >= 4 is 17.9 Å². The van der Waals surface area contributed by atoms with Crippen molar-refractivity contribution in [2.24, 2.45) is 7.05 Å². The molecule has 0 saturated heterocycles. The first-order valence-electron chi connectivity index (χ1n) is 10.2. The molecule has 2 rings (SSSR count). The zero-order chi connectivity index (χ0) is 25.0. The molecule has 0 fully saturated rings. The summed E-state index contributed by atoms with van der Waals surface area (Å²) >= 11 is 0. The number of aliphatic hydroxyl groups is 1. The van der Waals surface area contributed by atoms with E-state index in [-0.39, 0.29) is 0 Å². The van der Waals surface area contributed by atoms with Crippen LogP contribution in [0.5, 0.6) is 0 Å². The molecule has 4 N–H and O–H groups in total. The zero-order valence-corrected chi connectivity index (χ0v) is 19.0. The number of carboxylic acid groups (broad SMARTS) is 3. The van der Waals surface area contributed by atoms with Crippen molar-refractivity contribution in [1.82, 2.24) is 19.6 Å². The Balaban J connectivity index is 0.000000366. The van der Waals surface area contributed by atoms with Crippen molar-refractivity contribution in [1.29, 1.82) is 0 Å². The molecule has 12 heteroatoms. The molecule has 0 aliphatic heterocycles. The van der Waals surface area contributed by atoms with Crippen LogP contribution in [0, 0.1) is 0 Å². The maximum Gasteiger partial charge on any atom is 0.336 e. The van der Waals surface area contributed by atoms with Crippen LogP contribution in [0.15, 0.2) is 35.2 Å². The normalized spacial score (nSPS) is 11.3. The lowest BCUT2D eigenvalue weighted by molar-refractivity contribution is -0.170. The van der Waals surface area contributed by atoms with Gasteiger partial charge in [0.05, 0.1) is 31.8 Å². The SMILES string of the molecule is CN(C)CCCN(Cc1cnn(C)c1)Cc1ccco1.O=C(O)CC(O)(CC(=O)O)C(=O)O. The molecule has 0 aliphatic rings. The molecule has 0 radical (unpaired) electrons. The summed E-state index contributed by atoms with van der Waals surface area (Å²) in [6.45, 7) is 3.90. The van der Waals surface area contributed by atoms with Crippen LogP contribution in [0.2, 0.25) is 0 Å². The minimum absolute atomic E-state index is 0.843. The fraction of sp³-hybridized carbons (Fsp3) is 0.524. The summed E-state index contributed by atoms with van der Waals surface area (Å²) in [5, 5.41) is 38.0. The maximum absolute atomic E-state index is 10.3. The number of hydrogen-bond acceptors (Lipinski definition) is 8. The summed E-state index contributed by atoms with van der Waals surface area (Å²) in [7, 11) is 6.17. The van der Waals surface area contributed by atoms with Gasteiger partial charge < -0.3 is 29.7 Å². The van der Waals surface area contributed by atoms with Gasteiger partial charge in [-0.2, -0.15) is 5.10 Å². The minimum atomic E-state index is -2.74. The first-order valence-corrected chi connectivity index (χ1v) is 10.2. The van der Waals surface area contributed by atoms with Crippen molar-refractivity contribution in [3.63, 3.8) is 0 Å². The second-order valence-electron chi connectivity index (χ2n) is 7.95. The van der Waals surface area contributed by atoms with E-state index < -0.39 is 36.4 Å². The third-order valence-electron chi connectivity index (χ3n) is 4.49. The van der Waals surface area contributed by atoms with Crippen LogP contribution in [0.4, 0.5) is 0 Å². The topological polar surface area (TPSA) is 170 Å². The Morgan fingerprint density at radius 2 is 1.73 bits per heavy atom. The van der Waals surface area contributed by atoms with E-state index in [1.807, 2.05) is 30.1 Å². The third-order valence-corrected chi connectivity index (χ3v) is 4.49. The molecule has 0 aromatic carbocycles. The largest absolute Gasteiger partial charge is 0.481 e. The highest BCUT2D eigenvalue weighted by Gasteiger charge is 2.40. The number of carboxylic acids is 3. The summed E-state index contributed by atoms with van der Waals surface area (Å²) in [6, 6.07) is 3.97. The summed E-state index contributed by atoms with van der Waals surface area (Å²) in [4.78, 5) is 35.1. The van der Waals surface area contributed by atoms with E-state index in [9.17, 15) is 14.4 Å². The Bertz CT molecular complexity index is 863. The predicted octanol–water partition coefficient (Wildman–Crippen LogP) is 0.719. The Kier molecular flexibility index (Phi) is 11.3. The minimum Gasteiger partial charge on any atom is -0.481 e. The molecule has 2 aromatic heterocycles. The van der Waals surface area contributed by atoms with E-state index in [1.54, 1.807) is 6.26 Å². The zero-order valence-electron chi connectivity index (χ0n) is 19.0. The highest BCUT2D eigenvalue weighted by Crippen LogP contribution is 2.15. The third kappa shape index (κ3) is 11.3. The number of nitrogens with zero attached hydrogens (tertiary/aromatic N) is 4. The molecule has 0 saturated carbocycles. The van der Waals surface area contributed by atoms with E-state index >= 15 is 0 Å².